The third kappa shape index (κ3) is 6.88. The van der Waals surface area contributed by atoms with Crippen LogP contribution in [0.1, 0.15) is 13.8 Å². The van der Waals surface area contributed by atoms with Crippen molar-refractivity contribution >= 4 is 28.9 Å². The van der Waals surface area contributed by atoms with E-state index in [-0.39, 0.29) is 41.2 Å². The largest absolute Gasteiger partial charge is 2.00 e. The van der Waals surface area contributed by atoms with Gasteiger partial charge in [0.05, 0.1) is 5.69 Å². The van der Waals surface area contributed by atoms with Crippen molar-refractivity contribution < 1.29 is 34.5 Å². The van der Waals surface area contributed by atoms with Gasteiger partial charge >= 0.3 is 22.7 Å². The zero-order chi connectivity index (χ0) is 19.2. The Morgan fingerprint density at radius 3 is 2.29 bits per heavy atom. The maximum atomic E-state index is 12.6. The van der Waals surface area contributed by atoms with Gasteiger partial charge in [0, 0.05) is 31.2 Å². The maximum absolute atomic E-state index is 12.6. The van der Waals surface area contributed by atoms with Crippen molar-refractivity contribution in [3.63, 3.8) is 0 Å². The van der Waals surface area contributed by atoms with Crippen LogP contribution in [0.4, 0.5) is 36.2 Å². The molecule has 0 saturated carbocycles. The van der Waals surface area contributed by atoms with Gasteiger partial charge in [-0.2, -0.15) is 13.2 Å². The molecule has 0 N–H and O–H groups in total. The Labute approximate surface area is 171 Å². The van der Waals surface area contributed by atoms with Crippen LogP contribution in [0.25, 0.3) is 5.32 Å². The number of carbonyl (C=O) groups is 1. The van der Waals surface area contributed by atoms with Gasteiger partial charge in [-0.15, -0.1) is 15.9 Å². The van der Waals surface area contributed by atoms with Gasteiger partial charge in [-0.05, 0) is 32.0 Å². The molecule has 1 aromatic heterocycles. The second-order valence-corrected chi connectivity index (χ2v) is 5.01. The van der Waals surface area contributed by atoms with E-state index in [0.29, 0.717) is 18.8 Å². The van der Waals surface area contributed by atoms with Crippen molar-refractivity contribution in [2.75, 3.05) is 18.0 Å². The first-order valence-corrected chi connectivity index (χ1v) is 7.75. The molecule has 0 radical (unpaired) electrons. The van der Waals surface area contributed by atoms with Gasteiger partial charge < -0.3 is 22.4 Å². The summed E-state index contributed by atoms with van der Waals surface area (Å²) in [5.41, 5.74) is 0.404. The van der Waals surface area contributed by atoms with Crippen LogP contribution in [0.2, 0.25) is 0 Å². The molecule has 0 aliphatic rings. The van der Waals surface area contributed by atoms with Gasteiger partial charge in [0.1, 0.15) is 0 Å². The first-order valence-electron chi connectivity index (χ1n) is 7.75. The van der Waals surface area contributed by atoms with Gasteiger partial charge in [-0.25, -0.2) is 9.97 Å². The molecule has 1 aromatic carbocycles. The molecule has 0 bridgehead atoms. The first-order chi connectivity index (χ1) is 12.3. The molecule has 0 aliphatic heterocycles. The van der Waals surface area contributed by atoms with Crippen LogP contribution >= 0.6 is 0 Å². The zero-order valence-corrected chi connectivity index (χ0v) is 16.4. The summed E-state index contributed by atoms with van der Waals surface area (Å²) in [5.74, 6) is -2.17. The van der Waals surface area contributed by atoms with Crippen LogP contribution in [-0.4, -0.2) is 35.1 Å². The zero-order valence-electron chi connectivity index (χ0n) is 15.4. The Morgan fingerprint density at radius 1 is 1.14 bits per heavy atom. The first kappa shape index (κ1) is 25.5. The number of halogens is 3. The summed E-state index contributed by atoms with van der Waals surface area (Å²) in [4.78, 5) is 20.9. The number of benzene rings is 1. The van der Waals surface area contributed by atoms with Crippen molar-refractivity contribution in [1.29, 1.82) is 0 Å². The third-order valence-corrected chi connectivity index (χ3v) is 3.35. The van der Waals surface area contributed by atoms with E-state index in [2.05, 4.69) is 25.5 Å². The van der Waals surface area contributed by atoms with Crippen molar-refractivity contribution in [1.82, 2.24) is 9.97 Å². The predicted octanol–water partition coefficient (Wildman–Crippen LogP) is 5.28. The van der Waals surface area contributed by atoms with E-state index in [4.69, 9.17) is 0 Å². The molecule has 154 valence electrons. The minimum absolute atomic E-state index is 0. The monoisotopic (exact) mass is 438 g/mol. The Morgan fingerprint density at radius 2 is 1.75 bits per heavy atom. The van der Waals surface area contributed by atoms with E-state index < -0.39 is 12.1 Å². The van der Waals surface area contributed by atoms with Gasteiger partial charge in [0.25, 0.3) is 5.95 Å². The Kier molecular flexibility index (Phi) is 10.3. The SMILES string of the molecule is CCN(CC)c1ccc(N=Nc2ncccn2)c([N-]C(=O)C(F)(F)F)c1.[CH3-].[Ni+2]. The van der Waals surface area contributed by atoms with Gasteiger partial charge in [-0.1, -0.05) is 6.07 Å². The van der Waals surface area contributed by atoms with Crippen LogP contribution in [0.15, 0.2) is 46.9 Å². The fourth-order valence-electron chi connectivity index (χ4n) is 2.09. The average Bonchev–Trinajstić information content (AvgIpc) is 2.62. The van der Waals surface area contributed by atoms with E-state index >= 15 is 0 Å². The molecule has 1 heterocycles. The predicted molar refractivity (Wildman–Crippen MR) is 96.7 cm³/mol. The van der Waals surface area contributed by atoms with Crippen molar-refractivity contribution in [3.05, 3.63) is 49.4 Å². The third-order valence-electron chi connectivity index (χ3n) is 3.35. The van der Waals surface area contributed by atoms with Crippen LogP contribution in [0.3, 0.4) is 0 Å². The standard InChI is InChI=1S/C16H17F3N6O.CH3.Ni/c1-3-25(4-2)11-6-7-12(23-24-15-20-8-5-9-21-15)13(10-11)22-14(26)16(17,18)19;;/h5-10H,3-4H2,1-2H3,(H,20,21,22,24,26);1H3;/q;-1;+2/p-1. The van der Waals surface area contributed by atoms with Gasteiger partial charge in [0.15, 0.2) is 5.91 Å². The molecule has 0 spiro atoms. The van der Waals surface area contributed by atoms with Crippen molar-refractivity contribution in [3.8, 4) is 0 Å². The molecule has 0 aliphatic carbocycles. The number of hydrogen-bond acceptors (Lipinski definition) is 6. The van der Waals surface area contributed by atoms with E-state index in [0.717, 1.165) is 0 Å². The molecule has 2 aromatic rings. The molecule has 0 fully saturated rings. The second kappa shape index (κ2) is 11.3. The van der Waals surface area contributed by atoms with Crippen LogP contribution < -0.4 is 4.90 Å². The normalized spacial score (nSPS) is 10.8. The van der Waals surface area contributed by atoms with Crippen LogP contribution in [-0.2, 0) is 21.3 Å². The summed E-state index contributed by atoms with van der Waals surface area (Å²) in [5, 5.41) is 10.8. The quantitative estimate of drug-likeness (QED) is 0.348. The summed E-state index contributed by atoms with van der Waals surface area (Å²) >= 11 is 0. The Bertz CT molecular complexity index is 782. The second-order valence-electron chi connectivity index (χ2n) is 5.01. The number of azo groups is 1. The van der Waals surface area contributed by atoms with E-state index in [1.807, 2.05) is 18.7 Å². The topological polar surface area (TPSA) is 84.9 Å². The molecule has 28 heavy (non-hydrogen) atoms. The molecule has 11 heteroatoms. The fraction of sp³-hybridized carbons (Fsp3) is 0.294. The van der Waals surface area contributed by atoms with Crippen LogP contribution in [0.5, 0.6) is 0 Å². The number of hydrogen-bond donors (Lipinski definition) is 0. The molecule has 0 saturated heterocycles. The van der Waals surface area contributed by atoms with E-state index in [1.165, 1.54) is 24.5 Å². The van der Waals surface area contributed by atoms with E-state index in [9.17, 15) is 18.0 Å². The smallest absolute Gasteiger partial charge is 0.617 e. The molecule has 7 nitrogen and oxygen atoms in total. The number of aromatic nitrogens is 2. The number of rotatable bonds is 6. The summed E-state index contributed by atoms with van der Waals surface area (Å²) in [6.45, 7) is 5.09. The number of nitrogens with zero attached hydrogens (tertiary/aromatic N) is 6. The van der Waals surface area contributed by atoms with Crippen LogP contribution in [0, 0.1) is 7.43 Å². The summed E-state index contributed by atoms with van der Waals surface area (Å²) < 4.78 is 37.7. The molecular formula is C17H19F3N6NiO. The number of alkyl halides is 3. The summed E-state index contributed by atoms with van der Waals surface area (Å²) in [6.07, 6.45) is -2.17. The minimum Gasteiger partial charge on any atom is -0.617 e. The molecular weight excluding hydrogens is 420 g/mol. The van der Waals surface area contributed by atoms with Crippen molar-refractivity contribution in [2.45, 2.75) is 20.0 Å². The molecule has 0 atom stereocenters. The van der Waals surface area contributed by atoms with E-state index in [1.54, 1.807) is 12.1 Å². The number of anilines is 1. The summed E-state index contributed by atoms with van der Waals surface area (Å²) in [7, 11) is 0. The molecule has 1 amide bonds. The maximum Gasteiger partial charge on any atom is 2.00 e. The Hall–Kier alpha value is -2.55. The van der Waals surface area contributed by atoms with Gasteiger partial charge in [-0.3, -0.25) is 0 Å². The summed E-state index contributed by atoms with van der Waals surface area (Å²) in [6, 6.07) is 6.07. The minimum atomic E-state index is -5.07. The van der Waals surface area contributed by atoms with Gasteiger partial charge in [0.2, 0.25) is 0 Å². The molecule has 2 rings (SSSR count). The average molecular weight is 439 g/mol. The Balaban J connectivity index is 0.00000364. The number of carbonyl (C=O) groups excluding carboxylic acids is 1. The van der Waals surface area contributed by atoms with Crippen molar-refractivity contribution in [2.24, 2.45) is 10.2 Å². The fourth-order valence-corrected chi connectivity index (χ4v) is 2.09. The number of amides is 1. The molecule has 0 unspecified atom stereocenters.